The molecule has 0 aliphatic carbocycles. The van der Waals surface area contributed by atoms with Crippen LogP contribution in [0.1, 0.15) is 17.0 Å². The largest absolute Gasteiger partial charge is 0.332 e. The summed E-state index contributed by atoms with van der Waals surface area (Å²) in [5, 5.41) is 8.94. The van der Waals surface area contributed by atoms with Crippen molar-refractivity contribution in [3.63, 3.8) is 0 Å². The van der Waals surface area contributed by atoms with E-state index in [-0.39, 0.29) is 0 Å². The predicted octanol–water partition coefficient (Wildman–Crippen LogP) is 2.72. The van der Waals surface area contributed by atoms with Crippen molar-refractivity contribution in [2.24, 2.45) is 0 Å². The molecule has 1 heterocycles. The van der Waals surface area contributed by atoms with Crippen LogP contribution in [0.4, 0.5) is 0 Å². The summed E-state index contributed by atoms with van der Waals surface area (Å²) >= 11 is 0. The van der Waals surface area contributed by atoms with Crippen molar-refractivity contribution in [1.29, 1.82) is 5.26 Å². The van der Waals surface area contributed by atoms with Crippen molar-refractivity contribution in [3.05, 3.63) is 59.4 Å². The Morgan fingerprint density at radius 2 is 1.87 bits per heavy atom. The Morgan fingerprint density at radius 1 is 1.13 bits per heavy atom. The van der Waals surface area contributed by atoms with Gasteiger partial charge in [0.2, 0.25) is 0 Å². The van der Waals surface area contributed by atoms with E-state index in [9.17, 15) is 0 Å². The third-order valence-electron chi connectivity index (χ3n) is 2.50. The molecule has 74 valence electrons. The molecule has 2 rings (SSSR count). The molecule has 1 aromatic carbocycles. The van der Waals surface area contributed by atoms with Gasteiger partial charge in [0.25, 0.3) is 0 Å². The highest BCUT2D eigenvalue weighted by Crippen LogP contribution is 2.10. The smallest absolute Gasteiger partial charge is 0.120 e. The Bertz CT molecular complexity index is 489. The van der Waals surface area contributed by atoms with E-state index in [1.165, 1.54) is 5.56 Å². The quantitative estimate of drug-likeness (QED) is 0.726. The SMILES string of the molecule is Cc1ccc(C#N)n1Cc1ccccc1. The van der Waals surface area contributed by atoms with Crippen LogP contribution in [0, 0.1) is 18.3 Å². The topological polar surface area (TPSA) is 28.7 Å². The second-order valence-corrected chi connectivity index (χ2v) is 3.54. The Labute approximate surface area is 89.4 Å². The van der Waals surface area contributed by atoms with Crippen LogP contribution in [0.25, 0.3) is 0 Å². The van der Waals surface area contributed by atoms with Gasteiger partial charge in [-0.3, -0.25) is 0 Å². The third kappa shape index (κ3) is 1.92. The molecular weight excluding hydrogens is 184 g/mol. The molecule has 15 heavy (non-hydrogen) atoms. The number of aryl methyl sites for hydroxylation is 1. The number of aromatic nitrogens is 1. The molecule has 0 saturated heterocycles. The van der Waals surface area contributed by atoms with Gasteiger partial charge in [-0.1, -0.05) is 30.3 Å². The maximum absolute atomic E-state index is 8.94. The summed E-state index contributed by atoms with van der Waals surface area (Å²) in [6, 6.07) is 16.2. The van der Waals surface area contributed by atoms with Gasteiger partial charge in [0.15, 0.2) is 0 Å². The van der Waals surface area contributed by atoms with Crippen molar-refractivity contribution in [2.75, 3.05) is 0 Å². The molecule has 2 heteroatoms. The molecule has 0 bridgehead atoms. The summed E-state index contributed by atoms with van der Waals surface area (Å²) in [6.45, 7) is 2.78. The van der Waals surface area contributed by atoms with E-state index < -0.39 is 0 Å². The van der Waals surface area contributed by atoms with Gasteiger partial charge in [-0.2, -0.15) is 5.26 Å². The molecule has 1 aromatic heterocycles. The molecule has 0 atom stereocenters. The van der Waals surface area contributed by atoms with E-state index in [1.807, 2.05) is 41.8 Å². The number of nitrogens with zero attached hydrogens (tertiary/aromatic N) is 2. The number of hydrogen-bond donors (Lipinski definition) is 0. The van der Waals surface area contributed by atoms with Gasteiger partial charge >= 0.3 is 0 Å². The molecule has 0 aliphatic heterocycles. The third-order valence-corrected chi connectivity index (χ3v) is 2.50. The van der Waals surface area contributed by atoms with E-state index >= 15 is 0 Å². The van der Waals surface area contributed by atoms with Crippen LogP contribution < -0.4 is 0 Å². The van der Waals surface area contributed by atoms with Gasteiger partial charge in [-0.15, -0.1) is 0 Å². The van der Waals surface area contributed by atoms with E-state index in [0.717, 1.165) is 17.9 Å². The Balaban J connectivity index is 2.33. The van der Waals surface area contributed by atoms with Gasteiger partial charge in [0.05, 0.1) is 0 Å². The van der Waals surface area contributed by atoms with Crippen molar-refractivity contribution in [3.8, 4) is 6.07 Å². The lowest BCUT2D eigenvalue weighted by Gasteiger charge is -2.07. The van der Waals surface area contributed by atoms with Crippen molar-refractivity contribution in [2.45, 2.75) is 13.5 Å². The molecule has 0 amide bonds. The molecule has 0 N–H and O–H groups in total. The monoisotopic (exact) mass is 196 g/mol. The molecular formula is C13H12N2. The highest BCUT2D eigenvalue weighted by Gasteiger charge is 2.04. The average Bonchev–Trinajstić information content (AvgIpc) is 2.62. The lowest BCUT2D eigenvalue weighted by Crippen LogP contribution is -2.03. The predicted molar refractivity (Wildman–Crippen MR) is 59.4 cm³/mol. The Morgan fingerprint density at radius 3 is 2.53 bits per heavy atom. The molecule has 2 nitrogen and oxygen atoms in total. The summed E-state index contributed by atoms with van der Waals surface area (Å²) in [5.41, 5.74) is 3.06. The first-order chi connectivity index (χ1) is 7.31. The minimum Gasteiger partial charge on any atom is -0.332 e. The molecule has 0 spiro atoms. The molecule has 0 saturated carbocycles. The van der Waals surface area contributed by atoms with Crippen LogP contribution in [0.5, 0.6) is 0 Å². The minimum absolute atomic E-state index is 0.719. The molecule has 0 aliphatic rings. The second-order valence-electron chi connectivity index (χ2n) is 3.54. The summed E-state index contributed by atoms with van der Waals surface area (Å²) in [6.07, 6.45) is 0. The van der Waals surface area contributed by atoms with Crippen molar-refractivity contribution >= 4 is 0 Å². The zero-order valence-electron chi connectivity index (χ0n) is 8.64. The van der Waals surface area contributed by atoms with E-state index in [0.29, 0.717) is 0 Å². The fraction of sp³-hybridized carbons (Fsp3) is 0.154. The second kappa shape index (κ2) is 4.02. The highest BCUT2D eigenvalue weighted by molar-refractivity contribution is 5.28. The maximum atomic E-state index is 8.94. The first-order valence-corrected chi connectivity index (χ1v) is 4.91. The molecule has 0 unspecified atom stereocenters. The zero-order valence-corrected chi connectivity index (χ0v) is 8.64. The van der Waals surface area contributed by atoms with Crippen LogP contribution in [0.15, 0.2) is 42.5 Å². The van der Waals surface area contributed by atoms with Crippen molar-refractivity contribution in [1.82, 2.24) is 4.57 Å². The fourth-order valence-corrected chi connectivity index (χ4v) is 1.64. The Hall–Kier alpha value is -2.01. The number of benzene rings is 1. The van der Waals surface area contributed by atoms with Crippen molar-refractivity contribution < 1.29 is 0 Å². The summed E-state index contributed by atoms with van der Waals surface area (Å²) in [5.74, 6) is 0. The summed E-state index contributed by atoms with van der Waals surface area (Å²) in [7, 11) is 0. The standard InChI is InChI=1S/C13H12N2/c1-11-7-8-13(9-14)15(11)10-12-5-3-2-4-6-12/h2-8H,10H2,1H3. The number of hydrogen-bond acceptors (Lipinski definition) is 1. The van der Waals surface area contributed by atoms with E-state index in [1.54, 1.807) is 0 Å². The van der Waals surface area contributed by atoms with Crippen LogP contribution >= 0.6 is 0 Å². The minimum atomic E-state index is 0.719. The molecule has 0 fully saturated rings. The lowest BCUT2D eigenvalue weighted by molar-refractivity contribution is 0.765. The van der Waals surface area contributed by atoms with Crippen LogP contribution in [0.2, 0.25) is 0 Å². The fourth-order valence-electron chi connectivity index (χ4n) is 1.64. The Kier molecular flexibility index (Phi) is 2.55. The molecule has 0 radical (unpaired) electrons. The maximum Gasteiger partial charge on any atom is 0.120 e. The normalized spacial score (nSPS) is 9.87. The van der Waals surface area contributed by atoms with Gasteiger partial charge in [-0.05, 0) is 24.6 Å². The first-order valence-electron chi connectivity index (χ1n) is 4.91. The van der Waals surface area contributed by atoms with Crippen LogP contribution in [0.3, 0.4) is 0 Å². The highest BCUT2D eigenvalue weighted by atomic mass is 15.0. The van der Waals surface area contributed by atoms with Gasteiger partial charge in [0.1, 0.15) is 11.8 Å². The lowest BCUT2D eigenvalue weighted by atomic mass is 10.2. The van der Waals surface area contributed by atoms with Gasteiger partial charge < -0.3 is 4.57 Å². The summed E-state index contributed by atoms with van der Waals surface area (Å²) in [4.78, 5) is 0. The average molecular weight is 196 g/mol. The van der Waals surface area contributed by atoms with E-state index in [4.69, 9.17) is 5.26 Å². The van der Waals surface area contributed by atoms with E-state index in [2.05, 4.69) is 18.2 Å². The van der Waals surface area contributed by atoms with Crippen LogP contribution in [-0.4, -0.2) is 4.57 Å². The summed E-state index contributed by atoms with van der Waals surface area (Å²) < 4.78 is 2.02. The molecule has 2 aromatic rings. The van der Waals surface area contributed by atoms with Crippen LogP contribution in [-0.2, 0) is 6.54 Å². The number of rotatable bonds is 2. The first kappa shape index (κ1) is 9.54. The van der Waals surface area contributed by atoms with Gasteiger partial charge in [0, 0.05) is 12.2 Å². The number of nitriles is 1. The van der Waals surface area contributed by atoms with Gasteiger partial charge in [-0.25, -0.2) is 0 Å². The zero-order chi connectivity index (χ0) is 10.7.